The van der Waals surface area contributed by atoms with Crippen molar-refractivity contribution >= 4 is 37.5 Å². The standard InChI is InChI=1S/C18H18O3S/c1-4-20-17(19)18(2,3)21-12-9-10-16-14(11-12)13-7-5-6-8-15(13)22-16/h5-11H,4H2,1-3H3. The summed E-state index contributed by atoms with van der Waals surface area (Å²) in [6.45, 7) is 5.58. The zero-order valence-corrected chi connectivity index (χ0v) is 13.7. The van der Waals surface area contributed by atoms with E-state index < -0.39 is 5.60 Å². The Bertz CT molecular complexity index is 833. The second kappa shape index (κ2) is 5.61. The van der Waals surface area contributed by atoms with Gasteiger partial charge in [-0.3, -0.25) is 0 Å². The third-order valence-corrected chi connectivity index (χ3v) is 4.64. The minimum Gasteiger partial charge on any atom is -0.476 e. The molecule has 0 saturated carbocycles. The summed E-state index contributed by atoms with van der Waals surface area (Å²) in [7, 11) is 0. The molecule has 0 saturated heterocycles. The van der Waals surface area contributed by atoms with Gasteiger partial charge in [-0.1, -0.05) is 18.2 Å². The molecule has 22 heavy (non-hydrogen) atoms. The molecule has 0 atom stereocenters. The number of benzene rings is 2. The fourth-order valence-electron chi connectivity index (χ4n) is 2.41. The number of hydrogen-bond acceptors (Lipinski definition) is 4. The zero-order valence-electron chi connectivity index (χ0n) is 12.9. The van der Waals surface area contributed by atoms with E-state index in [2.05, 4.69) is 12.1 Å². The first-order chi connectivity index (χ1) is 10.5. The SMILES string of the molecule is CCOC(=O)C(C)(C)Oc1ccc2sc3ccccc3c2c1. The Kier molecular flexibility index (Phi) is 3.79. The normalized spacial score (nSPS) is 11.8. The fraction of sp³-hybridized carbons (Fsp3) is 0.278. The van der Waals surface area contributed by atoms with Crippen molar-refractivity contribution in [1.29, 1.82) is 0 Å². The van der Waals surface area contributed by atoms with Crippen LogP contribution in [0.2, 0.25) is 0 Å². The predicted octanol–water partition coefficient (Wildman–Crippen LogP) is 4.78. The Morgan fingerprint density at radius 2 is 1.82 bits per heavy atom. The number of carbonyl (C=O) groups is 1. The van der Waals surface area contributed by atoms with E-state index in [1.807, 2.05) is 30.3 Å². The van der Waals surface area contributed by atoms with Gasteiger partial charge in [0.25, 0.3) is 0 Å². The third-order valence-electron chi connectivity index (χ3n) is 3.49. The van der Waals surface area contributed by atoms with Crippen molar-refractivity contribution in [2.24, 2.45) is 0 Å². The van der Waals surface area contributed by atoms with E-state index in [0.29, 0.717) is 12.4 Å². The van der Waals surface area contributed by atoms with Crippen molar-refractivity contribution < 1.29 is 14.3 Å². The third kappa shape index (κ3) is 2.66. The van der Waals surface area contributed by atoms with Crippen molar-refractivity contribution in [2.45, 2.75) is 26.4 Å². The van der Waals surface area contributed by atoms with Gasteiger partial charge in [-0.25, -0.2) is 4.79 Å². The van der Waals surface area contributed by atoms with Crippen LogP contribution < -0.4 is 4.74 Å². The molecule has 0 amide bonds. The van der Waals surface area contributed by atoms with E-state index in [4.69, 9.17) is 9.47 Å². The molecule has 0 aliphatic rings. The first-order valence-corrected chi connectivity index (χ1v) is 8.10. The van der Waals surface area contributed by atoms with E-state index in [0.717, 1.165) is 5.39 Å². The lowest BCUT2D eigenvalue weighted by molar-refractivity contribution is -0.158. The van der Waals surface area contributed by atoms with Crippen LogP contribution in [-0.4, -0.2) is 18.2 Å². The van der Waals surface area contributed by atoms with Crippen LogP contribution in [0, 0.1) is 0 Å². The number of esters is 1. The summed E-state index contributed by atoms with van der Waals surface area (Å²) in [6.07, 6.45) is 0. The Balaban J connectivity index is 1.98. The molecule has 0 N–H and O–H groups in total. The van der Waals surface area contributed by atoms with E-state index in [9.17, 15) is 4.79 Å². The number of thiophene rings is 1. The van der Waals surface area contributed by atoms with Crippen LogP contribution in [0.5, 0.6) is 5.75 Å². The molecule has 0 aliphatic heterocycles. The smallest absolute Gasteiger partial charge is 0.349 e. The molecule has 2 aromatic carbocycles. The molecule has 0 bridgehead atoms. The largest absolute Gasteiger partial charge is 0.476 e. The van der Waals surface area contributed by atoms with E-state index >= 15 is 0 Å². The van der Waals surface area contributed by atoms with E-state index in [1.54, 1.807) is 32.1 Å². The number of fused-ring (bicyclic) bond motifs is 3. The monoisotopic (exact) mass is 314 g/mol. The minimum atomic E-state index is -1.00. The summed E-state index contributed by atoms with van der Waals surface area (Å²) >= 11 is 1.76. The minimum absolute atomic E-state index is 0.347. The molecule has 0 spiro atoms. The Labute approximate surface area is 133 Å². The van der Waals surface area contributed by atoms with Gasteiger partial charge in [0.2, 0.25) is 0 Å². The highest BCUT2D eigenvalue weighted by Gasteiger charge is 2.31. The van der Waals surface area contributed by atoms with E-state index in [-0.39, 0.29) is 5.97 Å². The Morgan fingerprint density at radius 1 is 1.09 bits per heavy atom. The van der Waals surface area contributed by atoms with Gasteiger partial charge in [0, 0.05) is 20.2 Å². The van der Waals surface area contributed by atoms with Crippen LogP contribution in [0.1, 0.15) is 20.8 Å². The molecule has 0 fully saturated rings. The van der Waals surface area contributed by atoms with Gasteiger partial charge in [-0.05, 0) is 45.0 Å². The maximum absolute atomic E-state index is 11.9. The van der Waals surface area contributed by atoms with Gasteiger partial charge >= 0.3 is 5.97 Å². The number of ether oxygens (including phenoxy) is 2. The first-order valence-electron chi connectivity index (χ1n) is 7.29. The van der Waals surface area contributed by atoms with Gasteiger partial charge in [0.15, 0.2) is 5.60 Å². The molecular formula is C18H18O3S. The number of rotatable bonds is 4. The fourth-order valence-corrected chi connectivity index (χ4v) is 3.50. The lowest BCUT2D eigenvalue weighted by Gasteiger charge is -2.24. The molecule has 0 unspecified atom stereocenters. The van der Waals surface area contributed by atoms with Crippen molar-refractivity contribution in [3.05, 3.63) is 42.5 Å². The molecule has 0 radical (unpaired) electrons. The second-order valence-electron chi connectivity index (χ2n) is 5.59. The average Bonchev–Trinajstić information content (AvgIpc) is 2.85. The second-order valence-corrected chi connectivity index (χ2v) is 6.67. The lowest BCUT2D eigenvalue weighted by atomic mass is 10.1. The molecular weight excluding hydrogens is 296 g/mol. The van der Waals surface area contributed by atoms with Crippen LogP contribution in [0.15, 0.2) is 42.5 Å². The molecule has 0 aliphatic carbocycles. The van der Waals surface area contributed by atoms with Gasteiger partial charge in [0.05, 0.1) is 6.61 Å². The van der Waals surface area contributed by atoms with Gasteiger partial charge in [0.1, 0.15) is 5.75 Å². The maximum Gasteiger partial charge on any atom is 0.349 e. The summed E-state index contributed by atoms with van der Waals surface area (Å²) < 4.78 is 13.4. The number of hydrogen-bond donors (Lipinski definition) is 0. The Hall–Kier alpha value is -2.07. The van der Waals surface area contributed by atoms with Crippen molar-refractivity contribution in [3.8, 4) is 5.75 Å². The summed E-state index contributed by atoms with van der Waals surface area (Å²) in [5, 5.41) is 2.36. The molecule has 3 rings (SSSR count). The van der Waals surface area contributed by atoms with Crippen molar-refractivity contribution in [3.63, 3.8) is 0 Å². The van der Waals surface area contributed by atoms with Crippen LogP contribution in [0.3, 0.4) is 0 Å². The lowest BCUT2D eigenvalue weighted by Crippen LogP contribution is -2.39. The van der Waals surface area contributed by atoms with Crippen LogP contribution in [0.4, 0.5) is 0 Å². The summed E-state index contributed by atoms with van der Waals surface area (Å²) in [5.74, 6) is 0.319. The highest BCUT2D eigenvalue weighted by molar-refractivity contribution is 7.25. The quantitative estimate of drug-likeness (QED) is 0.650. The van der Waals surface area contributed by atoms with Crippen LogP contribution in [-0.2, 0) is 9.53 Å². The van der Waals surface area contributed by atoms with Gasteiger partial charge < -0.3 is 9.47 Å². The highest BCUT2D eigenvalue weighted by Crippen LogP contribution is 2.36. The summed E-state index contributed by atoms with van der Waals surface area (Å²) in [5.41, 5.74) is -1.00. The van der Waals surface area contributed by atoms with E-state index in [1.165, 1.54) is 14.8 Å². The molecule has 4 heteroatoms. The highest BCUT2D eigenvalue weighted by atomic mass is 32.1. The first kappa shape index (κ1) is 14.9. The van der Waals surface area contributed by atoms with Crippen molar-refractivity contribution in [1.82, 2.24) is 0 Å². The van der Waals surface area contributed by atoms with Crippen LogP contribution >= 0.6 is 11.3 Å². The number of carbonyl (C=O) groups excluding carboxylic acids is 1. The molecule has 1 aromatic heterocycles. The molecule has 3 aromatic rings. The van der Waals surface area contributed by atoms with Crippen LogP contribution in [0.25, 0.3) is 20.2 Å². The average molecular weight is 314 g/mol. The topological polar surface area (TPSA) is 35.5 Å². The molecule has 114 valence electrons. The summed E-state index contributed by atoms with van der Waals surface area (Å²) in [4.78, 5) is 11.9. The molecule has 1 heterocycles. The molecule has 3 nitrogen and oxygen atoms in total. The van der Waals surface area contributed by atoms with Crippen molar-refractivity contribution in [2.75, 3.05) is 6.61 Å². The summed E-state index contributed by atoms with van der Waals surface area (Å²) in [6, 6.07) is 14.2. The zero-order chi connectivity index (χ0) is 15.7. The Morgan fingerprint density at radius 3 is 2.59 bits per heavy atom. The van der Waals surface area contributed by atoms with Gasteiger partial charge in [-0.2, -0.15) is 0 Å². The predicted molar refractivity (Wildman–Crippen MR) is 90.7 cm³/mol. The maximum atomic E-state index is 11.9. The van der Waals surface area contributed by atoms with Gasteiger partial charge in [-0.15, -0.1) is 11.3 Å².